The van der Waals surface area contributed by atoms with Crippen LogP contribution in [0.2, 0.25) is 0 Å². The first-order chi connectivity index (χ1) is 9.82. The molecule has 2 aliphatic carbocycles. The van der Waals surface area contributed by atoms with Crippen molar-refractivity contribution in [3.05, 3.63) is 22.8 Å². The highest BCUT2D eigenvalue weighted by Gasteiger charge is 2.51. The van der Waals surface area contributed by atoms with Gasteiger partial charge in [0.05, 0.1) is 0 Å². The Balaban J connectivity index is 2.02. The van der Waals surface area contributed by atoms with Crippen LogP contribution in [-0.4, -0.2) is 23.6 Å². The van der Waals surface area contributed by atoms with Crippen LogP contribution in [0, 0.1) is 11.8 Å². The SMILES string of the molecule is CC(=O)O[C@]1(C)C[C@@H]2OC(=O)C(C)=C2C[C@H]2C(C)=CC[C@H]21. The molecular formula is C17H22O4. The highest BCUT2D eigenvalue weighted by molar-refractivity contribution is 5.91. The molecule has 0 aromatic carbocycles. The Morgan fingerprint density at radius 2 is 2.14 bits per heavy atom. The third kappa shape index (κ3) is 2.21. The number of hydrogen-bond acceptors (Lipinski definition) is 4. The van der Waals surface area contributed by atoms with E-state index in [-0.39, 0.29) is 24.0 Å². The molecule has 0 saturated heterocycles. The van der Waals surface area contributed by atoms with Gasteiger partial charge < -0.3 is 9.47 Å². The Labute approximate surface area is 125 Å². The fourth-order valence-electron chi connectivity index (χ4n) is 4.24. The van der Waals surface area contributed by atoms with Crippen molar-refractivity contribution in [3.63, 3.8) is 0 Å². The van der Waals surface area contributed by atoms with E-state index in [9.17, 15) is 9.59 Å². The predicted molar refractivity (Wildman–Crippen MR) is 77.3 cm³/mol. The summed E-state index contributed by atoms with van der Waals surface area (Å²) in [4.78, 5) is 23.4. The van der Waals surface area contributed by atoms with Crippen molar-refractivity contribution >= 4 is 11.9 Å². The molecular weight excluding hydrogens is 268 g/mol. The van der Waals surface area contributed by atoms with E-state index in [4.69, 9.17) is 9.47 Å². The first-order valence-corrected chi connectivity index (χ1v) is 7.58. The maximum Gasteiger partial charge on any atom is 0.334 e. The third-order valence-electron chi connectivity index (χ3n) is 5.38. The zero-order chi connectivity index (χ0) is 15.4. The first-order valence-electron chi connectivity index (χ1n) is 7.58. The fourth-order valence-corrected chi connectivity index (χ4v) is 4.24. The van der Waals surface area contributed by atoms with Gasteiger partial charge in [0.25, 0.3) is 0 Å². The van der Waals surface area contributed by atoms with Crippen LogP contribution in [0.1, 0.15) is 47.0 Å². The summed E-state index contributed by atoms with van der Waals surface area (Å²) in [5.41, 5.74) is 2.59. The van der Waals surface area contributed by atoms with Gasteiger partial charge in [-0.3, -0.25) is 4.79 Å². The zero-order valence-electron chi connectivity index (χ0n) is 13.1. The van der Waals surface area contributed by atoms with Crippen molar-refractivity contribution in [2.24, 2.45) is 11.8 Å². The second-order valence-corrected chi connectivity index (χ2v) is 6.76. The number of carbonyl (C=O) groups is 2. The molecule has 4 heteroatoms. The highest BCUT2D eigenvalue weighted by atomic mass is 16.6. The molecule has 1 saturated carbocycles. The van der Waals surface area contributed by atoms with Crippen molar-refractivity contribution in [3.8, 4) is 0 Å². The van der Waals surface area contributed by atoms with Gasteiger partial charge >= 0.3 is 11.9 Å². The van der Waals surface area contributed by atoms with Crippen LogP contribution in [0.3, 0.4) is 0 Å². The summed E-state index contributed by atoms with van der Waals surface area (Å²) in [7, 11) is 0. The number of fused-ring (bicyclic) bond motifs is 2. The number of rotatable bonds is 1. The molecule has 0 N–H and O–H groups in total. The molecule has 3 rings (SSSR count). The van der Waals surface area contributed by atoms with Gasteiger partial charge in [-0.1, -0.05) is 11.6 Å². The van der Waals surface area contributed by atoms with Gasteiger partial charge in [0, 0.05) is 24.8 Å². The number of allylic oxidation sites excluding steroid dienone is 2. The highest BCUT2D eigenvalue weighted by Crippen LogP contribution is 2.51. The minimum absolute atomic E-state index is 0.224. The van der Waals surface area contributed by atoms with E-state index in [0.717, 1.165) is 24.0 Å². The Kier molecular flexibility index (Phi) is 3.23. The molecule has 1 fully saturated rings. The van der Waals surface area contributed by atoms with E-state index < -0.39 is 5.60 Å². The van der Waals surface area contributed by atoms with Gasteiger partial charge in [0.15, 0.2) is 0 Å². The molecule has 1 aliphatic heterocycles. The first kappa shape index (κ1) is 14.4. The zero-order valence-corrected chi connectivity index (χ0v) is 13.1. The van der Waals surface area contributed by atoms with Gasteiger partial charge in [-0.05, 0) is 45.1 Å². The molecule has 0 unspecified atom stereocenters. The van der Waals surface area contributed by atoms with Crippen LogP contribution in [0.25, 0.3) is 0 Å². The Morgan fingerprint density at radius 3 is 2.81 bits per heavy atom. The van der Waals surface area contributed by atoms with Crippen molar-refractivity contribution in [1.29, 1.82) is 0 Å². The number of carbonyl (C=O) groups excluding carboxylic acids is 2. The molecule has 4 atom stereocenters. The van der Waals surface area contributed by atoms with E-state index in [1.807, 2.05) is 13.8 Å². The lowest BCUT2D eigenvalue weighted by atomic mass is 9.77. The van der Waals surface area contributed by atoms with Crippen LogP contribution in [0.15, 0.2) is 22.8 Å². The van der Waals surface area contributed by atoms with Crippen LogP contribution < -0.4 is 0 Å². The Hall–Kier alpha value is -1.58. The molecule has 1 heterocycles. The summed E-state index contributed by atoms with van der Waals surface area (Å²) in [6, 6.07) is 0. The van der Waals surface area contributed by atoms with Gasteiger partial charge in [0.2, 0.25) is 0 Å². The largest absolute Gasteiger partial charge is 0.459 e. The number of hydrogen-bond donors (Lipinski definition) is 0. The lowest BCUT2D eigenvalue weighted by molar-refractivity contribution is -0.166. The van der Waals surface area contributed by atoms with Crippen LogP contribution in [0.5, 0.6) is 0 Å². The maximum atomic E-state index is 11.9. The van der Waals surface area contributed by atoms with Crippen molar-refractivity contribution in [2.45, 2.75) is 58.7 Å². The van der Waals surface area contributed by atoms with Crippen LogP contribution in [-0.2, 0) is 19.1 Å². The fraction of sp³-hybridized carbons (Fsp3) is 0.647. The lowest BCUT2D eigenvalue weighted by Gasteiger charge is -2.37. The summed E-state index contributed by atoms with van der Waals surface area (Å²) in [5.74, 6) is 0.109. The molecule has 4 nitrogen and oxygen atoms in total. The molecule has 21 heavy (non-hydrogen) atoms. The van der Waals surface area contributed by atoms with E-state index in [2.05, 4.69) is 13.0 Å². The minimum Gasteiger partial charge on any atom is -0.459 e. The average molecular weight is 290 g/mol. The summed E-state index contributed by atoms with van der Waals surface area (Å²) >= 11 is 0. The molecule has 3 aliphatic rings. The quantitative estimate of drug-likeness (QED) is 0.550. The van der Waals surface area contributed by atoms with Gasteiger partial charge in [-0.15, -0.1) is 0 Å². The molecule has 0 aromatic rings. The number of ether oxygens (including phenoxy) is 2. The molecule has 0 bridgehead atoms. The van der Waals surface area contributed by atoms with Crippen LogP contribution >= 0.6 is 0 Å². The molecule has 0 aromatic heterocycles. The van der Waals surface area contributed by atoms with Gasteiger partial charge in [-0.25, -0.2) is 4.79 Å². The Bertz CT molecular complexity index is 571. The minimum atomic E-state index is -0.581. The normalized spacial score (nSPS) is 38.4. The monoisotopic (exact) mass is 290 g/mol. The summed E-state index contributed by atoms with van der Waals surface area (Å²) in [6.07, 6.45) is 4.33. The lowest BCUT2D eigenvalue weighted by Crippen LogP contribution is -2.42. The van der Waals surface area contributed by atoms with Crippen molar-refractivity contribution in [1.82, 2.24) is 0 Å². The van der Waals surface area contributed by atoms with E-state index in [0.29, 0.717) is 12.3 Å². The predicted octanol–water partition coefficient (Wildman–Crippen LogP) is 2.93. The second-order valence-electron chi connectivity index (χ2n) is 6.76. The molecule has 0 radical (unpaired) electrons. The maximum absolute atomic E-state index is 11.9. The Morgan fingerprint density at radius 1 is 1.43 bits per heavy atom. The third-order valence-corrected chi connectivity index (χ3v) is 5.38. The smallest absolute Gasteiger partial charge is 0.334 e. The van der Waals surface area contributed by atoms with Crippen molar-refractivity contribution in [2.75, 3.05) is 0 Å². The van der Waals surface area contributed by atoms with Crippen molar-refractivity contribution < 1.29 is 19.1 Å². The molecule has 0 amide bonds. The van der Waals surface area contributed by atoms with E-state index >= 15 is 0 Å². The molecule has 114 valence electrons. The molecule has 0 spiro atoms. The second kappa shape index (κ2) is 4.72. The van der Waals surface area contributed by atoms with Gasteiger partial charge in [-0.2, -0.15) is 0 Å². The van der Waals surface area contributed by atoms with Crippen LogP contribution in [0.4, 0.5) is 0 Å². The van der Waals surface area contributed by atoms with Gasteiger partial charge in [0.1, 0.15) is 11.7 Å². The topological polar surface area (TPSA) is 52.6 Å². The van der Waals surface area contributed by atoms with E-state index in [1.165, 1.54) is 12.5 Å². The standard InChI is InChI=1S/C17H22O4/c1-9-5-6-14-12(9)7-13-10(2)16(19)20-15(13)8-17(14,4)21-11(3)18/h5,12,14-15H,6-8H2,1-4H3/t12-,14+,15-,17+/m0/s1. The summed E-state index contributed by atoms with van der Waals surface area (Å²) in [6.45, 7) is 7.41. The average Bonchev–Trinajstić information content (AvgIpc) is 2.81. The summed E-state index contributed by atoms with van der Waals surface area (Å²) in [5, 5.41) is 0. The summed E-state index contributed by atoms with van der Waals surface area (Å²) < 4.78 is 11.2. The van der Waals surface area contributed by atoms with E-state index in [1.54, 1.807) is 0 Å². The number of esters is 2.